The number of carbonyl (C=O) groups excluding carboxylic acids is 1. The zero-order valence-corrected chi connectivity index (χ0v) is 11.9. The van der Waals surface area contributed by atoms with Gasteiger partial charge in [-0.25, -0.2) is 9.78 Å². The minimum absolute atomic E-state index is 0.151. The number of amides is 2. The molecule has 0 atom stereocenters. The number of aromatic nitrogens is 1. The van der Waals surface area contributed by atoms with Crippen molar-refractivity contribution in [1.82, 2.24) is 14.8 Å². The Bertz CT molecular complexity index is 366. The van der Waals surface area contributed by atoms with E-state index in [2.05, 4.69) is 26.2 Å². The molecule has 1 aromatic rings. The van der Waals surface area contributed by atoms with E-state index >= 15 is 0 Å². The molecule has 0 aliphatic heterocycles. The molecule has 0 bridgehead atoms. The van der Waals surface area contributed by atoms with E-state index < -0.39 is 0 Å². The van der Waals surface area contributed by atoms with E-state index in [1.54, 1.807) is 24.2 Å². The molecule has 0 aliphatic carbocycles. The van der Waals surface area contributed by atoms with Gasteiger partial charge < -0.3 is 9.80 Å². The van der Waals surface area contributed by atoms with Crippen molar-refractivity contribution in [3.8, 4) is 0 Å². The third-order valence-electron chi connectivity index (χ3n) is 2.19. The summed E-state index contributed by atoms with van der Waals surface area (Å²) in [5, 5.41) is 2.73. The number of carbonyl (C=O) groups is 1. The third-order valence-corrected chi connectivity index (χ3v) is 2.66. The van der Waals surface area contributed by atoms with Crippen LogP contribution in [0, 0.1) is 0 Å². The molecule has 0 unspecified atom stereocenters. The van der Waals surface area contributed by atoms with E-state index in [1.165, 1.54) is 0 Å². The van der Waals surface area contributed by atoms with Gasteiger partial charge in [0.05, 0.1) is 0 Å². The molecule has 1 N–H and O–H groups in total. The van der Waals surface area contributed by atoms with Crippen molar-refractivity contribution >= 4 is 27.8 Å². The lowest BCUT2D eigenvalue weighted by molar-refractivity contribution is 0.217. The molecular formula is C11H17BrN4O. The van der Waals surface area contributed by atoms with Crippen molar-refractivity contribution < 1.29 is 4.79 Å². The minimum Gasteiger partial charge on any atom is -0.326 e. The van der Waals surface area contributed by atoms with E-state index in [0.29, 0.717) is 12.4 Å². The fraction of sp³-hybridized carbons (Fsp3) is 0.455. The van der Waals surface area contributed by atoms with Crippen LogP contribution in [0.3, 0.4) is 0 Å². The SMILES string of the molecule is CN(C)CCN(C)C(=O)Nc1ccc(Br)cn1. The molecular weight excluding hydrogens is 284 g/mol. The fourth-order valence-corrected chi connectivity index (χ4v) is 1.34. The number of nitrogens with one attached hydrogen (secondary N) is 1. The van der Waals surface area contributed by atoms with Crippen molar-refractivity contribution in [2.75, 3.05) is 39.5 Å². The fourth-order valence-electron chi connectivity index (χ4n) is 1.11. The highest BCUT2D eigenvalue weighted by atomic mass is 79.9. The topological polar surface area (TPSA) is 48.5 Å². The van der Waals surface area contributed by atoms with Gasteiger partial charge in [0.2, 0.25) is 0 Å². The van der Waals surface area contributed by atoms with Gasteiger partial charge >= 0.3 is 6.03 Å². The predicted molar refractivity (Wildman–Crippen MR) is 72.1 cm³/mol. The number of likely N-dealkylation sites (N-methyl/N-ethyl adjacent to an activating group) is 2. The van der Waals surface area contributed by atoms with Crippen LogP contribution in [-0.2, 0) is 0 Å². The zero-order valence-electron chi connectivity index (χ0n) is 10.3. The van der Waals surface area contributed by atoms with Gasteiger partial charge in [0.15, 0.2) is 0 Å². The molecule has 0 saturated carbocycles. The lowest BCUT2D eigenvalue weighted by Gasteiger charge is -2.19. The van der Waals surface area contributed by atoms with Crippen molar-refractivity contribution in [1.29, 1.82) is 0 Å². The second-order valence-corrected chi connectivity index (χ2v) is 4.93. The molecule has 0 fully saturated rings. The van der Waals surface area contributed by atoms with Crippen LogP contribution in [0.15, 0.2) is 22.8 Å². The third kappa shape index (κ3) is 5.14. The van der Waals surface area contributed by atoms with Gasteiger partial charge in [0, 0.05) is 30.8 Å². The summed E-state index contributed by atoms with van der Waals surface area (Å²) in [6.07, 6.45) is 1.65. The van der Waals surface area contributed by atoms with Crippen LogP contribution in [0.2, 0.25) is 0 Å². The number of urea groups is 1. The molecule has 6 heteroatoms. The van der Waals surface area contributed by atoms with Gasteiger partial charge in [-0.1, -0.05) is 0 Å². The van der Waals surface area contributed by atoms with Crippen LogP contribution >= 0.6 is 15.9 Å². The van der Waals surface area contributed by atoms with Crippen molar-refractivity contribution in [2.45, 2.75) is 0 Å². The Labute approximate surface area is 110 Å². The Kier molecular flexibility index (Phi) is 5.37. The predicted octanol–water partition coefficient (Wildman–Crippen LogP) is 1.87. The minimum atomic E-state index is -0.151. The Morgan fingerprint density at radius 3 is 2.59 bits per heavy atom. The first-order valence-electron chi connectivity index (χ1n) is 5.27. The maximum Gasteiger partial charge on any atom is 0.322 e. The van der Waals surface area contributed by atoms with E-state index in [4.69, 9.17) is 0 Å². The quantitative estimate of drug-likeness (QED) is 0.923. The van der Waals surface area contributed by atoms with Crippen LogP contribution in [0.25, 0.3) is 0 Å². The van der Waals surface area contributed by atoms with Crippen molar-refractivity contribution in [3.63, 3.8) is 0 Å². The van der Waals surface area contributed by atoms with Crippen LogP contribution in [0.4, 0.5) is 10.6 Å². The van der Waals surface area contributed by atoms with Crippen molar-refractivity contribution in [2.24, 2.45) is 0 Å². The number of hydrogen-bond acceptors (Lipinski definition) is 3. The summed E-state index contributed by atoms with van der Waals surface area (Å²) in [5.41, 5.74) is 0. The maximum absolute atomic E-state index is 11.8. The second kappa shape index (κ2) is 6.56. The lowest BCUT2D eigenvalue weighted by Crippen LogP contribution is -2.36. The van der Waals surface area contributed by atoms with Gasteiger partial charge in [0.1, 0.15) is 5.82 Å². The van der Waals surface area contributed by atoms with Gasteiger partial charge in [-0.15, -0.1) is 0 Å². The van der Waals surface area contributed by atoms with E-state index in [-0.39, 0.29) is 6.03 Å². The summed E-state index contributed by atoms with van der Waals surface area (Å²) in [5.74, 6) is 0.551. The first kappa shape index (κ1) is 13.9. The highest BCUT2D eigenvalue weighted by Crippen LogP contribution is 2.10. The number of halogens is 1. The molecule has 5 nitrogen and oxygen atoms in total. The van der Waals surface area contributed by atoms with E-state index in [0.717, 1.165) is 11.0 Å². The zero-order chi connectivity index (χ0) is 12.8. The highest BCUT2D eigenvalue weighted by Gasteiger charge is 2.09. The molecule has 0 radical (unpaired) electrons. The number of hydrogen-bond donors (Lipinski definition) is 1. The molecule has 2 amide bonds. The summed E-state index contributed by atoms with van der Waals surface area (Å²) in [6.45, 7) is 1.51. The molecule has 0 spiro atoms. The molecule has 1 aromatic heterocycles. The van der Waals surface area contributed by atoms with Crippen LogP contribution in [0.1, 0.15) is 0 Å². The van der Waals surface area contributed by atoms with Crippen molar-refractivity contribution in [3.05, 3.63) is 22.8 Å². The average Bonchev–Trinajstić information content (AvgIpc) is 2.28. The summed E-state index contributed by atoms with van der Waals surface area (Å²) in [7, 11) is 5.71. The molecule has 1 heterocycles. The number of rotatable bonds is 4. The van der Waals surface area contributed by atoms with E-state index in [1.807, 2.05) is 25.1 Å². The van der Waals surface area contributed by atoms with Crippen LogP contribution < -0.4 is 5.32 Å². The summed E-state index contributed by atoms with van der Waals surface area (Å²) < 4.78 is 0.886. The first-order valence-corrected chi connectivity index (χ1v) is 6.06. The smallest absolute Gasteiger partial charge is 0.322 e. The van der Waals surface area contributed by atoms with Crippen LogP contribution in [0.5, 0.6) is 0 Å². The molecule has 0 aliphatic rings. The highest BCUT2D eigenvalue weighted by molar-refractivity contribution is 9.10. The second-order valence-electron chi connectivity index (χ2n) is 4.02. The first-order chi connectivity index (χ1) is 7.99. The maximum atomic E-state index is 11.8. The number of pyridine rings is 1. The van der Waals surface area contributed by atoms with Gasteiger partial charge in [-0.2, -0.15) is 0 Å². The lowest BCUT2D eigenvalue weighted by atomic mass is 10.4. The molecule has 0 aromatic carbocycles. The Morgan fingerprint density at radius 2 is 2.06 bits per heavy atom. The summed E-state index contributed by atoms with van der Waals surface area (Å²) in [6, 6.07) is 3.44. The Morgan fingerprint density at radius 1 is 1.35 bits per heavy atom. The largest absolute Gasteiger partial charge is 0.326 e. The number of anilines is 1. The summed E-state index contributed by atoms with van der Waals surface area (Å²) >= 11 is 3.29. The monoisotopic (exact) mass is 300 g/mol. The number of nitrogens with zero attached hydrogens (tertiary/aromatic N) is 3. The molecule has 17 heavy (non-hydrogen) atoms. The average molecular weight is 301 g/mol. The molecule has 1 rings (SSSR count). The molecule has 0 saturated heterocycles. The van der Waals surface area contributed by atoms with Gasteiger partial charge in [-0.05, 0) is 42.2 Å². The van der Waals surface area contributed by atoms with Gasteiger partial charge in [-0.3, -0.25) is 5.32 Å². The van der Waals surface area contributed by atoms with Gasteiger partial charge in [0.25, 0.3) is 0 Å². The van der Waals surface area contributed by atoms with E-state index in [9.17, 15) is 4.79 Å². The standard InChI is InChI=1S/C11H17BrN4O/c1-15(2)6-7-16(3)11(17)14-10-5-4-9(12)8-13-10/h4-5,8H,6-7H2,1-3H3,(H,13,14,17). The Balaban J connectivity index is 2.45. The summed E-state index contributed by atoms with van der Waals surface area (Å²) in [4.78, 5) is 19.5. The Hall–Kier alpha value is -1.14. The molecule has 94 valence electrons. The normalized spacial score (nSPS) is 10.4. The van der Waals surface area contributed by atoms with Crippen LogP contribution in [-0.4, -0.2) is 55.0 Å².